The van der Waals surface area contributed by atoms with Gasteiger partial charge in [-0.05, 0) is 42.4 Å². The zero-order valence-corrected chi connectivity index (χ0v) is 10.6. The van der Waals surface area contributed by atoms with E-state index in [4.69, 9.17) is 0 Å². The Morgan fingerprint density at radius 1 is 1.41 bits per heavy atom. The molecule has 0 saturated carbocycles. The first-order valence-electron chi connectivity index (χ1n) is 6.06. The third kappa shape index (κ3) is 2.04. The average Bonchev–Trinajstić information content (AvgIpc) is 2.28. The fourth-order valence-corrected chi connectivity index (χ4v) is 2.65. The second-order valence-corrected chi connectivity index (χ2v) is 5.52. The van der Waals surface area contributed by atoms with Crippen molar-refractivity contribution in [3.8, 4) is 0 Å². The smallest absolute Gasteiger partial charge is 0.159 e. The van der Waals surface area contributed by atoms with E-state index in [9.17, 15) is 9.59 Å². The van der Waals surface area contributed by atoms with Crippen LogP contribution in [-0.2, 0) is 10.2 Å². The van der Waals surface area contributed by atoms with E-state index >= 15 is 0 Å². The van der Waals surface area contributed by atoms with Crippen LogP contribution in [0.1, 0.15) is 61.0 Å². The van der Waals surface area contributed by atoms with Gasteiger partial charge >= 0.3 is 0 Å². The molecular weight excluding hydrogens is 212 g/mol. The summed E-state index contributed by atoms with van der Waals surface area (Å²) in [6, 6.07) is 5.79. The third-order valence-corrected chi connectivity index (χ3v) is 3.83. The van der Waals surface area contributed by atoms with E-state index in [1.165, 1.54) is 5.56 Å². The van der Waals surface area contributed by atoms with Crippen molar-refractivity contribution < 1.29 is 9.59 Å². The fraction of sp³-hybridized carbons (Fsp3) is 0.467. The van der Waals surface area contributed by atoms with Crippen molar-refractivity contribution in [2.45, 2.75) is 44.9 Å². The maximum Gasteiger partial charge on any atom is 0.159 e. The first-order chi connectivity index (χ1) is 7.95. The van der Waals surface area contributed by atoms with E-state index in [1.807, 2.05) is 18.2 Å². The van der Waals surface area contributed by atoms with Crippen LogP contribution in [0, 0.1) is 0 Å². The maximum absolute atomic E-state index is 11.4. The molecule has 1 aromatic carbocycles. The molecule has 2 rings (SSSR count). The monoisotopic (exact) mass is 230 g/mol. The summed E-state index contributed by atoms with van der Waals surface area (Å²) < 4.78 is 0. The molecule has 90 valence electrons. The van der Waals surface area contributed by atoms with Crippen LogP contribution in [0.4, 0.5) is 0 Å². The van der Waals surface area contributed by atoms with Gasteiger partial charge in [0.1, 0.15) is 6.29 Å². The molecule has 0 spiro atoms. The Morgan fingerprint density at radius 2 is 2.12 bits per heavy atom. The van der Waals surface area contributed by atoms with Gasteiger partial charge in [-0.1, -0.05) is 26.0 Å². The molecule has 0 aromatic heterocycles. The standard InChI is InChI=1S/C15H18O2/c1-10(17)11-4-5-14-13(8-11)12(9-16)6-7-15(14,2)3/h4-5,8-9,12H,6-7H2,1-3H3. The van der Waals surface area contributed by atoms with Crippen LogP contribution in [0.25, 0.3) is 0 Å². The molecule has 0 aliphatic heterocycles. The minimum absolute atomic E-state index is 0.0441. The Labute approximate surface area is 102 Å². The number of carbonyl (C=O) groups is 2. The lowest BCUT2D eigenvalue weighted by atomic mass is 9.69. The van der Waals surface area contributed by atoms with Gasteiger partial charge in [-0.25, -0.2) is 0 Å². The minimum Gasteiger partial charge on any atom is -0.303 e. The Morgan fingerprint density at radius 3 is 2.71 bits per heavy atom. The summed E-state index contributed by atoms with van der Waals surface area (Å²) in [6.45, 7) is 5.95. The van der Waals surface area contributed by atoms with E-state index in [0.29, 0.717) is 5.56 Å². The number of carbonyl (C=O) groups excluding carboxylic acids is 2. The third-order valence-electron chi connectivity index (χ3n) is 3.83. The molecule has 17 heavy (non-hydrogen) atoms. The quantitative estimate of drug-likeness (QED) is 0.577. The largest absolute Gasteiger partial charge is 0.303 e. The number of benzene rings is 1. The minimum atomic E-state index is -0.0441. The highest BCUT2D eigenvalue weighted by Crippen LogP contribution is 2.42. The molecule has 1 aromatic rings. The number of ketones is 1. The Balaban J connectivity index is 2.59. The fourth-order valence-electron chi connectivity index (χ4n) is 2.65. The van der Waals surface area contributed by atoms with Gasteiger partial charge in [-0.3, -0.25) is 4.79 Å². The molecular formula is C15H18O2. The molecule has 0 amide bonds. The number of hydrogen-bond acceptors (Lipinski definition) is 2. The molecule has 1 atom stereocenters. The molecule has 1 aliphatic rings. The summed E-state index contributed by atoms with van der Waals surface area (Å²) in [4.78, 5) is 22.5. The predicted molar refractivity (Wildman–Crippen MR) is 67.5 cm³/mol. The predicted octanol–water partition coefficient (Wildman–Crippen LogP) is 3.24. The van der Waals surface area contributed by atoms with Crippen molar-refractivity contribution in [1.29, 1.82) is 0 Å². The van der Waals surface area contributed by atoms with Gasteiger partial charge in [0, 0.05) is 11.5 Å². The zero-order chi connectivity index (χ0) is 12.6. The SMILES string of the molecule is CC(=O)c1ccc2c(c1)C(C=O)CCC2(C)C. The van der Waals surface area contributed by atoms with Gasteiger partial charge in [0.2, 0.25) is 0 Å². The molecule has 0 N–H and O–H groups in total. The second kappa shape index (κ2) is 4.10. The van der Waals surface area contributed by atoms with Crippen LogP contribution in [0.15, 0.2) is 18.2 Å². The first-order valence-corrected chi connectivity index (χ1v) is 6.06. The number of Topliss-reactive ketones (excluding diaryl/α,β-unsaturated/α-hetero) is 1. The molecule has 0 bridgehead atoms. The molecule has 1 aliphatic carbocycles. The molecule has 1 unspecified atom stereocenters. The van der Waals surface area contributed by atoms with Crippen LogP contribution in [0.3, 0.4) is 0 Å². The lowest BCUT2D eigenvalue weighted by Gasteiger charge is -2.35. The lowest BCUT2D eigenvalue weighted by Crippen LogP contribution is -2.27. The first kappa shape index (κ1) is 12.0. The van der Waals surface area contributed by atoms with Crippen LogP contribution >= 0.6 is 0 Å². The van der Waals surface area contributed by atoms with Crippen molar-refractivity contribution in [2.75, 3.05) is 0 Å². The average molecular weight is 230 g/mol. The molecule has 2 heteroatoms. The van der Waals surface area contributed by atoms with Crippen molar-refractivity contribution >= 4 is 12.1 Å². The molecule has 0 saturated heterocycles. The second-order valence-electron chi connectivity index (χ2n) is 5.52. The van der Waals surface area contributed by atoms with Crippen molar-refractivity contribution in [1.82, 2.24) is 0 Å². The van der Waals surface area contributed by atoms with Crippen molar-refractivity contribution in [3.63, 3.8) is 0 Å². The summed E-state index contributed by atoms with van der Waals surface area (Å²) in [5, 5.41) is 0. The number of rotatable bonds is 2. The maximum atomic E-state index is 11.4. The molecule has 0 radical (unpaired) electrons. The summed E-state index contributed by atoms with van der Waals surface area (Å²) >= 11 is 0. The molecule has 0 fully saturated rings. The number of aldehydes is 1. The van der Waals surface area contributed by atoms with Crippen LogP contribution in [0.2, 0.25) is 0 Å². The van der Waals surface area contributed by atoms with Crippen molar-refractivity contribution in [2.24, 2.45) is 0 Å². The van der Waals surface area contributed by atoms with Crippen LogP contribution in [0.5, 0.6) is 0 Å². The summed E-state index contributed by atoms with van der Waals surface area (Å²) in [6.07, 6.45) is 2.91. The van der Waals surface area contributed by atoms with E-state index in [0.717, 1.165) is 24.7 Å². The highest BCUT2D eigenvalue weighted by Gasteiger charge is 2.32. The number of hydrogen-bond donors (Lipinski definition) is 0. The van der Waals surface area contributed by atoms with E-state index in [-0.39, 0.29) is 17.1 Å². The van der Waals surface area contributed by atoms with Crippen LogP contribution < -0.4 is 0 Å². The molecule has 2 nitrogen and oxygen atoms in total. The highest BCUT2D eigenvalue weighted by atomic mass is 16.1. The van der Waals surface area contributed by atoms with Gasteiger partial charge in [0.15, 0.2) is 5.78 Å². The molecule has 0 heterocycles. The normalized spacial score (nSPS) is 21.7. The van der Waals surface area contributed by atoms with Gasteiger partial charge in [-0.15, -0.1) is 0 Å². The summed E-state index contributed by atoms with van der Waals surface area (Å²) in [5.74, 6) is 0.0122. The van der Waals surface area contributed by atoms with Crippen LogP contribution in [-0.4, -0.2) is 12.1 Å². The van der Waals surface area contributed by atoms with E-state index < -0.39 is 0 Å². The Kier molecular flexibility index (Phi) is 2.90. The zero-order valence-electron chi connectivity index (χ0n) is 10.6. The van der Waals surface area contributed by atoms with Gasteiger partial charge in [0.05, 0.1) is 0 Å². The van der Waals surface area contributed by atoms with E-state index in [1.54, 1.807) is 6.92 Å². The van der Waals surface area contributed by atoms with E-state index in [2.05, 4.69) is 13.8 Å². The Hall–Kier alpha value is -1.44. The van der Waals surface area contributed by atoms with Gasteiger partial charge in [-0.2, -0.15) is 0 Å². The topological polar surface area (TPSA) is 34.1 Å². The van der Waals surface area contributed by atoms with Crippen molar-refractivity contribution in [3.05, 3.63) is 34.9 Å². The number of fused-ring (bicyclic) bond motifs is 1. The summed E-state index contributed by atoms with van der Waals surface area (Å²) in [7, 11) is 0. The lowest BCUT2D eigenvalue weighted by molar-refractivity contribution is -0.109. The van der Waals surface area contributed by atoms with Gasteiger partial charge < -0.3 is 4.79 Å². The highest BCUT2D eigenvalue weighted by molar-refractivity contribution is 5.94. The summed E-state index contributed by atoms with van der Waals surface area (Å²) in [5.41, 5.74) is 3.06. The Bertz CT molecular complexity index is 472. The van der Waals surface area contributed by atoms with Gasteiger partial charge in [0.25, 0.3) is 0 Å².